The van der Waals surface area contributed by atoms with Gasteiger partial charge in [-0.2, -0.15) is 0 Å². The summed E-state index contributed by atoms with van der Waals surface area (Å²) in [4.78, 5) is 0. The predicted octanol–water partition coefficient (Wildman–Crippen LogP) is 4.83. The first-order valence-corrected chi connectivity index (χ1v) is 6.45. The van der Waals surface area contributed by atoms with Gasteiger partial charge in [-0.05, 0) is 42.0 Å². The van der Waals surface area contributed by atoms with Gasteiger partial charge in [0, 0.05) is 5.39 Å². The van der Waals surface area contributed by atoms with E-state index in [9.17, 15) is 5.11 Å². The minimum absolute atomic E-state index is 0.381. The highest BCUT2D eigenvalue weighted by Gasteiger charge is 2.09. The van der Waals surface area contributed by atoms with Crippen LogP contribution in [0.4, 0.5) is 0 Å². The molecule has 94 valence electrons. The van der Waals surface area contributed by atoms with Gasteiger partial charge in [-0.3, -0.25) is 0 Å². The van der Waals surface area contributed by atoms with Gasteiger partial charge in [0.05, 0.1) is 0 Å². The van der Waals surface area contributed by atoms with Crippen molar-refractivity contribution < 1.29 is 5.11 Å². The number of hydrogen-bond acceptors (Lipinski definition) is 1. The van der Waals surface area contributed by atoms with E-state index in [0.29, 0.717) is 5.75 Å². The topological polar surface area (TPSA) is 20.2 Å². The molecule has 1 heteroatoms. The summed E-state index contributed by atoms with van der Waals surface area (Å²) < 4.78 is 0. The summed E-state index contributed by atoms with van der Waals surface area (Å²) in [6.07, 6.45) is 0. The molecule has 0 heterocycles. The zero-order valence-corrected chi connectivity index (χ0v) is 11.1. The van der Waals surface area contributed by atoms with Crippen LogP contribution < -0.4 is 0 Å². The van der Waals surface area contributed by atoms with Crippen molar-refractivity contribution in [2.24, 2.45) is 0 Å². The number of fused-ring (bicyclic) bond motifs is 1. The Labute approximate surface area is 113 Å². The molecule has 0 saturated carbocycles. The van der Waals surface area contributed by atoms with E-state index < -0.39 is 0 Å². The fraction of sp³-hybridized carbons (Fsp3) is 0.111. The molecule has 0 aliphatic carbocycles. The minimum Gasteiger partial charge on any atom is -0.507 e. The molecular formula is C18H16O. The number of phenols is 1. The molecule has 0 aromatic heterocycles. The Morgan fingerprint density at radius 2 is 1.42 bits per heavy atom. The molecule has 0 aliphatic rings. The van der Waals surface area contributed by atoms with Gasteiger partial charge in [-0.1, -0.05) is 54.1 Å². The molecule has 0 spiro atoms. The molecule has 1 N–H and O–H groups in total. The van der Waals surface area contributed by atoms with E-state index in [2.05, 4.69) is 43.3 Å². The van der Waals surface area contributed by atoms with Crippen molar-refractivity contribution in [3.63, 3.8) is 0 Å². The predicted molar refractivity (Wildman–Crippen MR) is 80.5 cm³/mol. The first-order valence-electron chi connectivity index (χ1n) is 6.45. The van der Waals surface area contributed by atoms with Crippen LogP contribution in [0.15, 0.2) is 54.6 Å². The zero-order chi connectivity index (χ0) is 13.4. The monoisotopic (exact) mass is 248 g/mol. The average molecular weight is 248 g/mol. The molecule has 0 bridgehead atoms. The molecule has 1 nitrogen and oxygen atoms in total. The number of rotatable bonds is 1. The van der Waals surface area contributed by atoms with E-state index in [1.165, 1.54) is 16.7 Å². The molecule has 0 unspecified atom stereocenters. The maximum Gasteiger partial charge on any atom is 0.126 e. The van der Waals surface area contributed by atoms with Gasteiger partial charge in [-0.25, -0.2) is 0 Å². The van der Waals surface area contributed by atoms with Gasteiger partial charge < -0.3 is 5.11 Å². The van der Waals surface area contributed by atoms with Crippen molar-refractivity contribution in [1.29, 1.82) is 0 Å². The SMILES string of the molecule is Cc1ccc(-c2cc(C)c(O)c3ccccc23)cc1. The fourth-order valence-electron chi connectivity index (χ4n) is 2.47. The first-order chi connectivity index (χ1) is 9.16. The van der Waals surface area contributed by atoms with Crippen molar-refractivity contribution >= 4 is 10.8 Å². The van der Waals surface area contributed by atoms with E-state index >= 15 is 0 Å². The molecule has 3 aromatic rings. The third-order valence-electron chi connectivity index (χ3n) is 3.57. The lowest BCUT2D eigenvalue weighted by molar-refractivity contribution is 0.477. The van der Waals surface area contributed by atoms with E-state index in [0.717, 1.165) is 16.3 Å². The lowest BCUT2D eigenvalue weighted by Crippen LogP contribution is -1.86. The second-order valence-corrected chi connectivity index (χ2v) is 5.00. The second-order valence-electron chi connectivity index (χ2n) is 5.00. The number of benzene rings is 3. The quantitative estimate of drug-likeness (QED) is 0.654. The van der Waals surface area contributed by atoms with Crippen LogP contribution in [0.25, 0.3) is 21.9 Å². The van der Waals surface area contributed by atoms with E-state index in [-0.39, 0.29) is 0 Å². The summed E-state index contributed by atoms with van der Waals surface area (Å²) >= 11 is 0. The van der Waals surface area contributed by atoms with Gasteiger partial charge in [0.1, 0.15) is 5.75 Å². The maximum atomic E-state index is 10.2. The molecule has 0 amide bonds. The minimum atomic E-state index is 0.381. The molecule has 0 fully saturated rings. The van der Waals surface area contributed by atoms with E-state index in [4.69, 9.17) is 0 Å². The third kappa shape index (κ3) is 1.97. The Hall–Kier alpha value is -2.28. The van der Waals surface area contributed by atoms with Crippen molar-refractivity contribution in [1.82, 2.24) is 0 Å². The lowest BCUT2D eigenvalue weighted by Gasteiger charge is -2.11. The summed E-state index contributed by atoms with van der Waals surface area (Å²) in [5, 5.41) is 12.2. The normalized spacial score (nSPS) is 10.8. The highest BCUT2D eigenvalue weighted by Crippen LogP contribution is 2.36. The Bertz CT molecular complexity index is 739. The van der Waals surface area contributed by atoms with Crippen LogP contribution in [0.2, 0.25) is 0 Å². The zero-order valence-electron chi connectivity index (χ0n) is 11.1. The maximum absolute atomic E-state index is 10.2. The van der Waals surface area contributed by atoms with Crippen molar-refractivity contribution in [3.05, 3.63) is 65.7 Å². The highest BCUT2D eigenvalue weighted by atomic mass is 16.3. The Morgan fingerprint density at radius 3 is 2.11 bits per heavy atom. The molecule has 0 saturated heterocycles. The Kier molecular flexibility index (Phi) is 2.75. The van der Waals surface area contributed by atoms with Crippen LogP contribution in [0.3, 0.4) is 0 Å². The number of aromatic hydroxyl groups is 1. The third-order valence-corrected chi connectivity index (χ3v) is 3.57. The first kappa shape index (κ1) is 11.8. The molecule has 0 radical (unpaired) electrons. The van der Waals surface area contributed by atoms with Gasteiger partial charge in [0.25, 0.3) is 0 Å². The van der Waals surface area contributed by atoms with Crippen molar-refractivity contribution in [2.75, 3.05) is 0 Å². The van der Waals surface area contributed by atoms with Gasteiger partial charge in [0.15, 0.2) is 0 Å². The molecule has 19 heavy (non-hydrogen) atoms. The van der Waals surface area contributed by atoms with Crippen LogP contribution in [0, 0.1) is 13.8 Å². The van der Waals surface area contributed by atoms with Crippen LogP contribution >= 0.6 is 0 Å². The summed E-state index contributed by atoms with van der Waals surface area (Å²) in [6.45, 7) is 4.03. The molecular weight excluding hydrogens is 232 g/mol. The summed E-state index contributed by atoms with van der Waals surface area (Å²) in [5.74, 6) is 0.381. The number of hydrogen-bond donors (Lipinski definition) is 1. The highest BCUT2D eigenvalue weighted by molar-refractivity contribution is 6.00. The number of aryl methyl sites for hydroxylation is 2. The van der Waals surface area contributed by atoms with Gasteiger partial charge >= 0.3 is 0 Å². The standard InChI is InChI=1S/C18H16O/c1-12-7-9-14(10-8-12)17-11-13(2)18(19)16-6-4-3-5-15(16)17/h3-11,19H,1-2H3. The van der Waals surface area contributed by atoms with Crippen LogP contribution in [0.5, 0.6) is 5.75 Å². The smallest absolute Gasteiger partial charge is 0.126 e. The average Bonchev–Trinajstić information content (AvgIpc) is 2.44. The Balaban J connectivity index is 2.35. The molecule has 0 atom stereocenters. The second kappa shape index (κ2) is 4.43. The van der Waals surface area contributed by atoms with Gasteiger partial charge in [0.2, 0.25) is 0 Å². The lowest BCUT2D eigenvalue weighted by atomic mass is 9.95. The molecule has 3 rings (SSSR count). The van der Waals surface area contributed by atoms with Crippen molar-refractivity contribution in [2.45, 2.75) is 13.8 Å². The van der Waals surface area contributed by atoms with Crippen LogP contribution in [-0.2, 0) is 0 Å². The van der Waals surface area contributed by atoms with Crippen LogP contribution in [-0.4, -0.2) is 5.11 Å². The van der Waals surface area contributed by atoms with E-state index in [1.807, 2.05) is 25.1 Å². The van der Waals surface area contributed by atoms with Crippen LogP contribution in [0.1, 0.15) is 11.1 Å². The fourth-order valence-corrected chi connectivity index (χ4v) is 2.47. The van der Waals surface area contributed by atoms with E-state index in [1.54, 1.807) is 0 Å². The Morgan fingerprint density at radius 1 is 0.789 bits per heavy atom. The van der Waals surface area contributed by atoms with Crippen molar-refractivity contribution in [3.8, 4) is 16.9 Å². The van der Waals surface area contributed by atoms with Gasteiger partial charge in [-0.15, -0.1) is 0 Å². The summed E-state index contributed by atoms with van der Waals surface area (Å²) in [6, 6.07) is 18.6. The molecule has 0 aliphatic heterocycles. The summed E-state index contributed by atoms with van der Waals surface area (Å²) in [5.41, 5.74) is 4.52. The number of phenolic OH excluding ortho intramolecular Hbond substituents is 1. The summed E-state index contributed by atoms with van der Waals surface area (Å²) in [7, 11) is 0. The largest absolute Gasteiger partial charge is 0.507 e. The molecule has 3 aromatic carbocycles.